The number of rotatable bonds is 2. The lowest BCUT2D eigenvalue weighted by atomic mass is 10.1. The molecule has 14 heavy (non-hydrogen) atoms. The molecule has 1 aromatic carbocycles. The molecule has 1 nitrogen and oxygen atoms in total. The van der Waals surface area contributed by atoms with Crippen molar-refractivity contribution in [3.8, 4) is 0 Å². The predicted molar refractivity (Wildman–Crippen MR) is 47.0 cm³/mol. The van der Waals surface area contributed by atoms with Crippen LogP contribution in [0.1, 0.15) is 11.6 Å². The van der Waals surface area contributed by atoms with Gasteiger partial charge in [-0.25, -0.2) is 17.6 Å². The van der Waals surface area contributed by atoms with Gasteiger partial charge in [0.15, 0.2) is 0 Å². The molecule has 0 aromatic heterocycles. The molecular weight excluding hydrogens is 266 g/mol. The van der Waals surface area contributed by atoms with Gasteiger partial charge in [0.05, 0.1) is 10.5 Å². The maximum absolute atomic E-state index is 13.2. The summed E-state index contributed by atoms with van der Waals surface area (Å²) in [5, 5.41) is 0. The minimum atomic E-state index is -3.01. The maximum atomic E-state index is 13.2. The Morgan fingerprint density at radius 2 is 1.79 bits per heavy atom. The van der Waals surface area contributed by atoms with E-state index in [1.165, 1.54) is 0 Å². The average Bonchev–Trinajstić information content (AvgIpc) is 2.12. The third kappa shape index (κ3) is 2.06. The van der Waals surface area contributed by atoms with Gasteiger partial charge in [0.25, 0.3) is 6.43 Å². The maximum Gasteiger partial charge on any atom is 0.257 e. The second-order valence-corrected chi connectivity index (χ2v) is 3.47. The number of halogens is 5. The molecule has 0 saturated carbocycles. The largest absolute Gasteiger partial charge is 0.319 e. The topological polar surface area (TPSA) is 26.0 Å². The summed E-state index contributed by atoms with van der Waals surface area (Å²) < 4.78 is 50.3. The Balaban J connectivity index is 3.25. The van der Waals surface area contributed by atoms with Crippen molar-refractivity contribution in [2.24, 2.45) is 5.73 Å². The molecule has 1 atom stereocenters. The van der Waals surface area contributed by atoms with E-state index in [1.54, 1.807) is 0 Å². The Morgan fingerprint density at radius 3 is 2.29 bits per heavy atom. The smallest absolute Gasteiger partial charge is 0.257 e. The summed E-state index contributed by atoms with van der Waals surface area (Å²) in [7, 11) is 0. The molecule has 0 aliphatic heterocycles. The zero-order chi connectivity index (χ0) is 10.9. The third-order valence-corrected chi connectivity index (χ3v) is 2.30. The Hall–Kier alpha value is -0.620. The van der Waals surface area contributed by atoms with E-state index in [9.17, 15) is 17.6 Å². The van der Waals surface area contributed by atoms with Crippen LogP contribution in [0.15, 0.2) is 16.6 Å². The van der Waals surface area contributed by atoms with Gasteiger partial charge in [-0.3, -0.25) is 0 Å². The molecule has 0 saturated heterocycles. The van der Waals surface area contributed by atoms with Crippen LogP contribution in [0.2, 0.25) is 0 Å². The summed E-state index contributed by atoms with van der Waals surface area (Å²) in [6.07, 6.45) is -3.01. The van der Waals surface area contributed by atoms with Crippen molar-refractivity contribution in [1.82, 2.24) is 0 Å². The molecule has 0 fully saturated rings. The Bertz CT molecular complexity index is 342. The molecule has 1 rings (SSSR count). The lowest BCUT2D eigenvalue weighted by Gasteiger charge is -2.13. The zero-order valence-electron chi connectivity index (χ0n) is 6.78. The van der Waals surface area contributed by atoms with Gasteiger partial charge in [-0.05, 0) is 28.1 Å². The van der Waals surface area contributed by atoms with Gasteiger partial charge in [-0.2, -0.15) is 0 Å². The van der Waals surface area contributed by atoms with Crippen molar-refractivity contribution in [1.29, 1.82) is 0 Å². The van der Waals surface area contributed by atoms with Gasteiger partial charge < -0.3 is 5.73 Å². The fourth-order valence-corrected chi connectivity index (χ4v) is 1.32. The monoisotopic (exact) mass is 271 g/mol. The van der Waals surface area contributed by atoms with E-state index in [0.29, 0.717) is 0 Å². The molecule has 2 N–H and O–H groups in total. The summed E-state index contributed by atoms with van der Waals surface area (Å²) in [6, 6.07) is 0.0179. The van der Waals surface area contributed by atoms with Crippen molar-refractivity contribution < 1.29 is 17.6 Å². The van der Waals surface area contributed by atoms with Crippen LogP contribution >= 0.6 is 15.9 Å². The molecule has 0 radical (unpaired) electrons. The highest BCUT2D eigenvalue weighted by atomic mass is 79.9. The fourth-order valence-electron chi connectivity index (χ4n) is 0.974. The van der Waals surface area contributed by atoms with Gasteiger partial charge in [0.2, 0.25) is 0 Å². The van der Waals surface area contributed by atoms with Gasteiger partial charge >= 0.3 is 0 Å². The van der Waals surface area contributed by atoms with Crippen molar-refractivity contribution in [3.05, 3.63) is 33.8 Å². The first-order chi connectivity index (χ1) is 6.45. The lowest BCUT2D eigenvalue weighted by molar-refractivity contribution is 0.113. The Labute approximate surface area is 86.0 Å². The van der Waals surface area contributed by atoms with Crippen LogP contribution in [0.3, 0.4) is 0 Å². The van der Waals surface area contributed by atoms with Crippen LogP contribution < -0.4 is 5.73 Å². The summed E-state index contributed by atoms with van der Waals surface area (Å²) >= 11 is 2.76. The number of benzene rings is 1. The first-order valence-electron chi connectivity index (χ1n) is 3.62. The Kier molecular flexibility index (Phi) is 3.49. The van der Waals surface area contributed by atoms with E-state index in [0.717, 1.165) is 12.1 Å². The van der Waals surface area contributed by atoms with Gasteiger partial charge in [0, 0.05) is 5.56 Å². The van der Waals surface area contributed by atoms with E-state index in [4.69, 9.17) is 5.73 Å². The van der Waals surface area contributed by atoms with E-state index in [2.05, 4.69) is 15.9 Å². The predicted octanol–water partition coefficient (Wildman–Crippen LogP) is 2.99. The highest BCUT2D eigenvalue weighted by molar-refractivity contribution is 9.10. The average molecular weight is 272 g/mol. The summed E-state index contributed by atoms with van der Waals surface area (Å²) in [4.78, 5) is 0. The first-order valence-corrected chi connectivity index (χ1v) is 4.41. The van der Waals surface area contributed by atoms with Gasteiger partial charge in [-0.1, -0.05) is 0 Å². The van der Waals surface area contributed by atoms with Crippen LogP contribution in [0.4, 0.5) is 17.6 Å². The van der Waals surface area contributed by atoms with E-state index < -0.39 is 29.7 Å². The van der Waals surface area contributed by atoms with Crippen LogP contribution in [-0.4, -0.2) is 6.43 Å². The van der Waals surface area contributed by atoms with Gasteiger partial charge in [-0.15, -0.1) is 0 Å². The highest BCUT2D eigenvalue weighted by Crippen LogP contribution is 2.28. The van der Waals surface area contributed by atoms with E-state index in [1.807, 2.05) is 0 Å². The molecule has 0 amide bonds. The van der Waals surface area contributed by atoms with Gasteiger partial charge in [0.1, 0.15) is 11.6 Å². The number of hydrogen-bond donors (Lipinski definition) is 1. The van der Waals surface area contributed by atoms with E-state index in [-0.39, 0.29) is 4.47 Å². The SMILES string of the molecule is N[C@H](c1c(F)ccc(Br)c1F)C(F)F. The van der Waals surface area contributed by atoms with E-state index >= 15 is 0 Å². The number of alkyl halides is 2. The number of hydrogen-bond acceptors (Lipinski definition) is 1. The minimum Gasteiger partial charge on any atom is -0.319 e. The molecule has 0 spiro atoms. The standard InChI is InChI=1S/C8H6BrF4N/c9-3-1-2-4(10)5(6(3)11)7(14)8(12)13/h1-2,7-8H,14H2/t7-/m1/s1. The fraction of sp³-hybridized carbons (Fsp3) is 0.250. The van der Waals surface area contributed by atoms with Crippen molar-refractivity contribution >= 4 is 15.9 Å². The molecule has 6 heteroatoms. The quantitative estimate of drug-likeness (QED) is 0.650. The first kappa shape index (κ1) is 11.5. The summed E-state index contributed by atoms with van der Waals surface area (Å²) in [5.74, 6) is -2.16. The molecule has 0 bridgehead atoms. The second kappa shape index (κ2) is 4.27. The van der Waals surface area contributed by atoms with Crippen LogP contribution in [0.25, 0.3) is 0 Å². The highest BCUT2D eigenvalue weighted by Gasteiger charge is 2.25. The summed E-state index contributed by atoms with van der Waals surface area (Å²) in [5.41, 5.74) is 4.16. The molecule has 0 heterocycles. The molecule has 1 aromatic rings. The molecule has 0 unspecified atom stereocenters. The van der Waals surface area contributed by atoms with Crippen LogP contribution in [0, 0.1) is 11.6 Å². The van der Waals surface area contributed by atoms with Crippen molar-refractivity contribution in [3.63, 3.8) is 0 Å². The van der Waals surface area contributed by atoms with Crippen molar-refractivity contribution in [2.75, 3.05) is 0 Å². The molecule has 0 aliphatic rings. The second-order valence-electron chi connectivity index (χ2n) is 2.62. The zero-order valence-corrected chi connectivity index (χ0v) is 8.36. The molecule has 78 valence electrons. The van der Waals surface area contributed by atoms with Crippen LogP contribution in [-0.2, 0) is 0 Å². The number of nitrogens with two attached hydrogens (primary N) is 1. The summed E-state index contributed by atoms with van der Waals surface area (Å²) in [6.45, 7) is 0. The molecule has 0 aliphatic carbocycles. The Morgan fingerprint density at radius 1 is 1.21 bits per heavy atom. The minimum absolute atomic E-state index is 0.0926. The molecular formula is C8H6BrF4N. The van der Waals surface area contributed by atoms with Crippen LogP contribution in [0.5, 0.6) is 0 Å². The van der Waals surface area contributed by atoms with Crippen molar-refractivity contribution in [2.45, 2.75) is 12.5 Å². The lowest BCUT2D eigenvalue weighted by Crippen LogP contribution is -2.22. The third-order valence-electron chi connectivity index (χ3n) is 1.68. The normalized spacial score (nSPS) is 13.4.